The van der Waals surface area contributed by atoms with Crippen LogP contribution in [0.4, 0.5) is 5.69 Å². The van der Waals surface area contributed by atoms with Gasteiger partial charge in [0, 0.05) is 22.6 Å². The normalized spacial score (nSPS) is 36.3. The zero-order valence-corrected chi connectivity index (χ0v) is 11.6. The van der Waals surface area contributed by atoms with E-state index in [1.807, 2.05) is 6.08 Å². The molecule has 1 spiro atoms. The van der Waals surface area contributed by atoms with Crippen molar-refractivity contribution in [3.63, 3.8) is 0 Å². The van der Waals surface area contributed by atoms with E-state index < -0.39 is 29.5 Å². The highest BCUT2D eigenvalue weighted by molar-refractivity contribution is 6.31. The summed E-state index contributed by atoms with van der Waals surface area (Å²) in [7, 11) is 0. The van der Waals surface area contributed by atoms with E-state index in [4.69, 9.17) is 16.3 Å². The van der Waals surface area contributed by atoms with Crippen molar-refractivity contribution in [2.75, 3.05) is 11.4 Å². The molecular weight excluding hydrogens is 294 g/mol. The van der Waals surface area contributed by atoms with E-state index in [9.17, 15) is 14.7 Å². The van der Waals surface area contributed by atoms with Gasteiger partial charge >= 0.3 is 0 Å². The Morgan fingerprint density at radius 1 is 1.48 bits per heavy atom. The van der Waals surface area contributed by atoms with E-state index in [-0.39, 0.29) is 5.91 Å². The average Bonchev–Trinajstić information content (AvgIpc) is 3.07. The molecule has 5 nitrogen and oxygen atoms in total. The molecule has 0 N–H and O–H groups in total. The van der Waals surface area contributed by atoms with Crippen LogP contribution in [0.25, 0.3) is 0 Å². The van der Waals surface area contributed by atoms with Crippen molar-refractivity contribution >= 4 is 29.2 Å². The summed E-state index contributed by atoms with van der Waals surface area (Å²) in [5.41, 5.74) is -0.205. The molecular formula is C15H11ClNO4-. The van der Waals surface area contributed by atoms with Crippen LogP contribution >= 0.6 is 11.6 Å². The number of carbonyl (C=O) groups excluding carboxylic acids is 2. The van der Waals surface area contributed by atoms with Crippen molar-refractivity contribution in [1.29, 1.82) is 0 Å². The molecule has 0 aromatic heterocycles. The third-order valence-electron chi connectivity index (χ3n) is 4.49. The molecule has 4 atom stereocenters. The molecule has 0 saturated carbocycles. The van der Waals surface area contributed by atoms with E-state index in [0.717, 1.165) is 0 Å². The molecule has 0 radical (unpaired) electrons. The molecule has 2 bridgehead atoms. The maximum absolute atomic E-state index is 12.7. The Balaban J connectivity index is 1.75. The fraction of sp³-hybridized carbons (Fsp3) is 0.333. The van der Waals surface area contributed by atoms with Crippen molar-refractivity contribution in [3.05, 3.63) is 41.4 Å². The first-order valence-electron chi connectivity index (χ1n) is 6.67. The molecule has 1 aromatic carbocycles. The molecule has 0 aliphatic carbocycles. The Labute approximate surface area is 125 Å². The Kier molecular flexibility index (Phi) is 2.50. The number of hydrogen-bond acceptors (Lipinski definition) is 4. The molecule has 2 fully saturated rings. The van der Waals surface area contributed by atoms with Crippen LogP contribution in [0.1, 0.15) is 0 Å². The Hall–Kier alpha value is -1.85. The highest BCUT2D eigenvalue weighted by Crippen LogP contribution is 2.52. The summed E-state index contributed by atoms with van der Waals surface area (Å²) in [6.45, 7) is 0.299. The van der Waals surface area contributed by atoms with Crippen LogP contribution in [0.5, 0.6) is 0 Å². The molecule has 1 aromatic rings. The number of hydrogen-bond donors (Lipinski definition) is 0. The smallest absolute Gasteiger partial charge is 0.234 e. The number of nitrogens with zero attached hydrogens (tertiary/aromatic N) is 1. The lowest BCUT2D eigenvalue weighted by Crippen LogP contribution is -2.45. The maximum atomic E-state index is 12.7. The number of amides is 1. The summed E-state index contributed by atoms with van der Waals surface area (Å²) in [4.78, 5) is 25.6. The number of rotatable bonds is 2. The second-order valence-electron chi connectivity index (χ2n) is 5.62. The highest BCUT2D eigenvalue weighted by Gasteiger charge is 2.65. The van der Waals surface area contributed by atoms with Crippen LogP contribution in [0.2, 0.25) is 5.02 Å². The zero-order valence-electron chi connectivity index (χ0n) is 10.9. The topological polar surface area (TPSA) is 69.7 Å². The number of ether oxygens (including phenoxy) is 1. The molecule has 6 heteroatoms. The number of carboxylic acid groups (broad SMARTS) is 1. The Morgan fingerprint density at radius 3 is 3.00 bits per heavy atom. The maximum Gasteiger partial charge on any atom is 0.234 e. The van der Waals surface area contributed by atoms with E-state index in [1.54, 1.807) is 35.2 Å². The molecule has 0 unspecified atom stereocenters. The fourth-order valence-electron chi connectivity index (χ4n) is 3.63. The standard InChI is InChI=1S/C15H12ClNO4/c16-8-2-1-3-9(6-8)17-7-15-5-4-10(21-15)11(14(19)20)12(15)13(17)18/h1-6,10-12H,7H2,(H,19,20)/p-1/t10-,11-,12+,15-/m1/s1. The van der Waals surface area contributed by atoms with Gasteiger partial charge in [0.05, 0.1) is 18.6 Å². The molecule has 3 aliphatic rings. The number of fused-ring (bicyclic) bond motifs is 1. The first kappa shape index (κ1) is 12.9. The minimum absolute atomic E-state index is 0.252. The number of carbonyl (C=O) groups is 2. The summed E-state index contributed by atoms with van der Waals surface area (Å²) >= 11 is 5.96. The van der Waals surface area contributed by atoms with Gasteiger partial charge in [0.1, 0.15) is 5.60 Å². The van der Waals surface area contributed by atoms with Gasteiger partial charge in [-0.05, 0) is 18.2 Å². The van der Waals surface area contributed by atoms with E-state index in [2.05, 4.69) is 0 Å². The number of benzene rings is 1. The van der Waals surface area contributed by atoms with Gasteiger partial charge in [0.25, 0.3) is 0 Å². The number of aliphatic carboxylic acids is 1. The second-order valence-corrected chi connectivity index (χ2v) is 6.06. The predicted molar refractivity (Wildman–Crippen MR) is 72.5 cm³/mol. The van der Waals surface area contributed by atoms with Crippen LogP contribution in [-0.2, 0) is 14.3 Å². The first-order chi connectivity index (χ1) is 10.0. The SMILES string of the molecule is O=C([O-])[C@H]1[C@H]2C(=O)N(c3cccc(Cl)c3)C[C@]23C=C[C@H]1O3. The number of anilines is 1. The quantitative estimate of drug-likeness (QED) is 0.741. The van der Waals surface area contributed by atoms with Crippen molar-refractivity contribution < 1.29 is 19.4 Å². The summed E-state index contributed by atoms with van der Waals surface area (Å²) in [5.74, 6) is -3.14. The fourth-order valence-corrected chi connectivity index (χ4v) is 3.81. The number of halogens is 1. The van der Waals surface area contributed by atoms with E-state index >= 15 is 0 Å². The van der Waals surface area contributed by atoms with Gasteiger partial charge in [0.15, 0.2) is 0 Å². The van der Waals surface area contributed by atoms with Gasteiger partial charge in [-0.3, -0.25) is 4.79 Å². The van der Waals surface area contributed by atoms with Crippen molar-refractivity contribution in [3.8, 4) is 0 Å². The van der Waals surface area contributed by atoms with E-state index in [1.165, 1.54) is 0 Å². The number of carboxylic acids is 1. The Bertz CT molecular complexity index is 688. The zero-order chi connectivity index (χ0) is 14.8. The third-order valence-corrected chi connectivity index (χ3v) is 4.73. The van der Waals surface area contributed by atoms with Gasteiger partial charge in [0.2, 0.25) is 5.91 Å². The van der Waals surface area contributed by atoms with Crippen LogP contribution in [0.3, 0.4) is 0 Å². The molecule has 3 heterocycles. The molecule has 21 heavy (non-hydrogen) atoms. The first-order valence-corrected chi connectivity index (χ1v) is 7.05. The lowest BCUT2D eigenvalue weighted by molar-refractivity contribution is -0.313. The average molecular weight is 305 g/mol. The van der Waals surface area contributed by atoms with Crippen molar-refractivity contribution in [2.24, 2.45) is 11.8 Å². The summed E-state index contributed by atoms with van der Waals surface area (Å²) in [6.07, 6.45) is 2.96. The van der Waals surface area contributed by atoms with Gasteiger partial charge in [-0.1, -0.05) is 29.8 Å². The molecule has 1 amide bonds. The van der Waals surface area contributed by atoms with Gasteiger partial charge in [-0.25, -0.2) is 0 Å². The van der Waals surface area contributed by atoms with Gasteiger partial charge in [-0.15, -0.1) is 0 Å². The largest absolute Gasteiger partial charge is 0.550 e. The van der Waals surface area contributed by atoms with Crippen LogP contribution in [0, 0.1) is 11.8 Å². The van der Waals surface area contributed by atoms with Gasteiger partial charge in [-0.2, -0.15) is 0 Å². The van der Waals surface area contributed by atoms with Crippen molar-refractivity contribution in [1.82, 2.24) is 0 Å². The van der Waals surface area contributed by atoms with Crippen LogP contribution in [0.15, 0.2) is 36.4 Å². The summed E-state index contributed by atoms with van der Waals surface area (Å²) in [5, 5.41) is 11.9. The van der Waals surface area contributed by atoms with Crippen molar-refractivity contribution in [2.45, 2.75) is 11.7 Å². The third kappa shape index (κ3) is 1.61. The van der Waals surface area contributed by atoms with E-state index in [0.29, 0.717) is 17.3 Å². The Morgan fingerprint density at radius 2 is 2.29 bits per heavy atom. The summed E-state index contributed by atoms with van der Waals surface area (Å²) < 4.78 is 5.78. The van der Waals surface area contributed by atoms with Crippen LogP contribution in [-0.4, -0.2) is 30.1 Å². The molecule has 3 aliphatic heterocycles. The molecule has 108 valence electrons. The lowest BCUT2D eigenvalue weighted by Gasteiger charge is -2.24. The molecule has 2 saturated heterocycles. The lowest BCUT2D eigenvalue weighted by atomic mass is 9.77. The minimum Gasteiger partial charge on any atom is -0.550 e. The molecule has 4 rings (SSSR count). The monoisotopic (exact) mass is 304 g/mol. The van der Waals surface area contributed by atoms with Crippen LogP contribution < -0.4 is 10.0 Å². The minimum atomic E-state index is -1.24. The highest BCUT2D eigenvalue weighted by atomic mass is 35.5. The van der Waals surface area contributed by atoms with Gasteiger partial charge < -0.3 is 19.5 Å². The second kappa shape index (κ2) is 4.08. The summed E-state index contributed by atoms with van der Waals surface area (Å²) in [6, 6.07) is 6.92. The predicted octanol–water partition coefficient (Wildman–Crippen LogP) is 0.376.